The molecule has 0 bridgehead atoms. The predicted octanol–water partition coefficient (Wildman–Crippen LogP) is 2.23. The van der Waals surface area contributed by atoms with Gasteiger partial charge in [-0.1, -0.05) is 35.5 Å². The minimum atomic E-state index is -3.61. The first-order valence-electron chi connectivity index (χ1n) is 9.04. The van der Waals surface area contributed by atoms with E-state index in [2.05, 4.69) is 25.6 Å². The van der Waals surface area contributed by atoms with Gasteiger partial charge in [0.2, 0.25) is 21.1 Å². The van der Waals surface area contributed by atoms with Crippen LogP contribution in [0.3, 0.4) is 0 Å². The highest BCUT2D eigenvalue weighted by atomic mass is 32.2. The summed E-state index contributed by atoms with van der Waals surface area (Å²) in [6.45, 7) is 5.67. The van der Waals surface area contributed by atoms with Crippen LogP contribution in [0.25, 0.3) is 5.69 Å². The Hall–Kier alpha value is -2.76. The third-order valence-corrected chi connectivity index (χ3v) is 6.86. The van der Waals surface area contributed by atoms with Crippen LogP contribution >= 0.6 is 11.8 Å². The topological polar surface area (TPSA) is 119 Å². The number of nitrogens with one attached hydrogen (secondary N) is 2. The molecule has 2 N–H and O–H groups in total. The predicted molar refractivity (Wildman–Crippen MR) is 115 cm³/mol. The smallest absolute Gasteiger partial charge is 0.240 e. The maximum Gasteiger partial charge on any atom is 0.240 e. The van der Waals surface area contributed by atoms with Gasteiger partial charge in [-0.3, -0.25) is 4.79 Å². The molecule has 2 aromatic carbocycles. The van der Waals surface area contributed by atoms with Crippen molar-refractivity contribution in [2.75, 3.05) is 18.1 Å². The molecule has 0 aliphatic heterocycles. The summed E-state index contributed by atoms with van der Waals surface area (Å²) < 4.78 is 28.1. The highest BCUT2D eigenvalue weighted by Crippen LogP contribution is 2.23. The Bertz CT molecular complexity index is 1190. The van der Waals surface area contributed by atoms with Crippen LogP contribution in [0, 0.1) is 20.8 Å². The van der Waals surface area contributed by atoms with Gasteiger partial charge in [0.1, 0.15) is 0 Å². The zero-order valence-corrected chi connectivity index (χ0v) is 18.6. The van der Waals surface area contributed by atoms with E-state index >= 15 is 0 Å². The molecule has 0 unspecified atom stereocenters. The fraction of sp³-hybridized carbons (Fsp3) is 0.263. The van der Waals surface area contributed by atoms with Gasteiger partial charge in [0.05, 0.1) is 16.3 Å². The van der Waals surface area contributed by atoms with Crippen LogP contribution in [0.1, 0.15) is 16.7 Å². The SMILES string of the molecule is CNS(=O)(=O)c1cc(NC(=O)CSc2nnnn2-c2ccc(C)cc2C)ccc1C. The number of benzene rings is 2. The molecule has 0 aliphatic rings. The van der Waals surface area contributed by atoms with Crippen LogP contribution in [0.4, 0.5) is 5.69 Å². The Kier molecular flexibility index (Phi) is 6.54. The molecule has 0 fully saturated rings. The molecule has 3 aromatic rings. The van der Waals surface area contributed by atoms with Crippen LogP contribution in [0.5, 0.6) is 0 Å². The average molecular weight is 447 g/mol. The van der Waals surface area contributed by atoms with Crippen molar-refractivity contribution in [3.05, 3.63) is 53.1 Å². The van der Waals surface area contributed by atoms with Gasteiger partial charge < -0.3 is 5.32 Å². The second kappa shape index (κ2) is 8.94. The Labute approximate surface area is 179 Å². The molecule has 0 atom stereocenters. The zero-order chi connectivity index (χ0) is 21.9. The molecule has 1 amide bonds. The number of carbonyl (C=O) groups excluding carboxylic acids is 1. The first kappa shape index (κ1) is 21.9. The average Bonchev–Trinajstić information content (AvgIpc) is 3.16. The number of aromatic nitrogens is 4. The summed E-state index contributed by atoms with van der Waals surface area (Å²) in [4.78, 5) is 12.5. The van der Waals surface area contributed by atoms with E-state index in [0.29, 0.717) is 16.4 Å². The molecule has 3 rings (SSSR count). The van der Waals surface area contributed by atoms with Crippen molar-refractivity contribution >= 4 is 33.4 Å². The van der Waals surface area contributed by atoms with Gasteiger partial charge >= 0.3 is 0 Å². The van der Waals surface area contributed by atoms with Crippen molar-refractivity contribution in [1.82, 2.24) is 24.9 Å². The minimum absolute atomic E-state index is 0.0628. The highest BCUT2D eigenvalue weighted by Gasteiger charge is 2.17. The van der Waals surface area contributed by atoms with Gasteiger partial charge in [-0.2, -0.15) is 4.68 Å². The monoisotopic (exact) mass is 446 g/mol. The lowest BCUT2D eigenvalue weighted by Crippen LogP contribution is -2.20. The zero-order valence-electron chi connectivity index (χ0n) is 17.0. The first-order chi connectivity index (χ1) is 14.2. The maximum absolute atomic E-state index is 12.4. The van der Waals surface area contributed by atoms with Crippen LogP contribution in [0.2, 0.25) is 0 Å². The lowest BCUT2D eigenvalue weighted by atomic mass is 10.1. The van der Waals surface area contributed by atoms with Crippen molar-refractivity contribution in [2.24, 2.45) is 0 Å². The Balaban J connectivity index is 1.71. The van der Waals surface area contributed by atoms with Crippen molar-refractivity contribution in [1.29, 1.82) is 0 Å². The van der Waals surface area contributed by atoms with Gasteiger partial charge in [-0.05, 0) is 67.6 Å². The lowest BCUT2D eigenvalue weighted by molar-refractivity contribution is -0.113. The summed E-state index contributed by atoms with van der Waals surface area (Å²) in [5.41, 5.74) is 3.98. The number of hydrogen-bond acceptors (Lipinski definition) is 7. The fourth-order valence-corrected chi connectivity index (χ4v) is 4.55. The number of rotatable bonds is 7. The number of hydrogen-bond donors (Lipinski definition) is 2. The van der Waals surface area contributed by atoms with Crippen molar-refractivity contribution in [3.8, 4) is 5.69 Å². The molecule has 1 heterocycles. The molecule has 0 spiro atoms. The van der Waals surface area contributed by atoms with Gasteiger partial charge in [-0.25, -0.2) is 13.1 Å². The molecule has 9 nitrogen and oxygen atoms in total. The van der Waals surface area contributed by atoms with Crippen LogP contribution in [-0.4, -0.2) is 47.3 Å². The largest absolute Gasteiger partial charge is 0.325 e. The van der Waals surface area contributed by atoms with Gasteiger partial charge in [0.15, 0.2) is 0 Å². The minimum Gasteiger partial charge on any atom is -0.325 e. The van der Waals surface area contributed by atoms with Crippen molar-refractivity contribution < 1.29 is 13.2 Å². The maximum atomic E-state index is 12.4. The third kappa shape index (κ3) is 4.86. The standard InChI is InChI=1S/C19H22N6O3S2/c1-12-5-8-16(14(3)9-12)25-19(22-23-24-25)29-11-18(26)21-15-7-6-13(2)17(10-15)30(27,28)20-4/h5-10,20H,11H2,1-4H3,(H,21,26). The molecule has 0 saturated heterocycles. The van der Waals surface area contributed by atoms with E-state index < -0.39 is 10.0 Å². The van der Waals surface area contributed by atoms with E-state index in [-0.39, 0.29) is 16.6 Å². The number of amides is 1. The van der Waals surface area contributed by atoms with Crippen LogP contribution in [0.15, 0.2) is 46.5 Å². The fourth-order valence-electron chi connectivity index (χ4n) is 2.87. The molecule has 0 saturated carbocycles. The molecular formula is C19H22N6O3S2. The number of tetrazole rings is 1. The lowest BCUT2D eigenvalue weighted by Gasteiger charge is -2.11. The molecule has 11 heteroatoms. The number of anilines is 1. The van der Waals surface area contributed by atoms with Gasteiger partial charge in [0, 0.05) is 5.69 Å². The van der Waals surface area contributed by atoms with E-state index in [1.165, 1.54) is 24.9 Å². The summed E-state index contributed by atoms with van der Waals surface area (Å²) in [5.74, 6) is -0.236. The summed E-state index contributed by atoms with van der Waals surface area (Å²) >= 11 is 1.19. The molecule has 158 valence electrons. The Morgan fingerprint density at radius 1 is 1.10 bits per heavy atom. The molecule has 0 radical (unpaired) electrons. The summed E-state index contributed by atoms with van der Waals surface area (Å²) in [6, 6.07) is 10.7. The van der Waals surface area contributed by atoms with Gasteiger partial charge in [-0.15, -0.1) is 5.10 Å². The van der Waals surface area contributed by atoms with Crippen LogP contribution < -0.4 is 10.0 Å². The van der Waals surface area contributed by atoms with Crippen molar-refractivity contribution in [2.45, 2.75) is 30.8 Å². The van der Waals surface area contributed by atoms with Crippen LogP contribution in [-0.2, 0) is 14.8 Å². The molecule has 0 aliphatic carbocycles. The summed E-state index contributed by atoms with van der Waals surface area (Å²) in [5, 5.41) is 14.9. The van der Waals surface area contributed by atoms with E-state index in [4.69, 9.17) is 0 Å². The normalized spacial score (nSPS) is 11.5. The van der Waals surface area contributed by atoms with E-state index in [1.807, 2.05) is 32.0 Å². The van der Waals surface area contributed by atoms with Crippen molar-refractivity contribution in [3.63, 3.8) is 0 Å². The number of nitrogens with zero attached hydrogens (tertiary/aromatic N) is 4. The highest BCUT2D eigenvalue weighted by molar-refractivity contribution is 7.99. The number of thioether (sulfide) groups is 1. The number of aryl methyl sites for hydroxylation is 3. The second-order valence-electron chi connectivity index (χ2n) is 6.69. The quantitative estimate of drug-likeness (QED) is 0.534. The first-order valence-corrected chi connectivity index (χ1v) is 11.5. The second-order valence-corrected chi connectivity index (χ2v) is 9.49. The molecular weight excluding hydrogens is 424 g/mol. The Morgan fingerprint density at radius 2 is 1.87 bits per heavy atom. The summed E-state index contributed by atoms with van der Waals surface area (Å²) in [7, 11) is -2.27. The molecule has 30 heavy (non-hydrogen) atoms. The third-order valence-electron chi connectivity index (χ3n) is 4.38. The van der Waals surface area contributed by atoms with E-state index in [0.717, 1.165) is 16.8 Å². The number of carbonyl (C=O) groups is 1. The number of sulfonamides is 1. The molecule has 1 aromatic heterocycles. The Morgan fingerprint density at radius 3 is 2.57 bits per heavy atom. The van der Waals surface area contributed by atoms with E-state index in [9.17, 15) is 13.2 Å². The van der Waals surface area contributed by atoms with E-state index in [1.54, 1.807) is 23.7 Å². The summed E-state index contributed by atoms with van der Waals surface area (Å²) in [6.07, 6.45) is 0. The van der Waals surface area contributed by atoms with Gasteiger partial charge in [0.25, 0.3) is 0 Å².